The van der Waals surface area contributed by atoms with Crippen LogP contribution in [0, 0.1) is 35.5 Å². The van der Waals surface area contributed by atoms with Gasteiger partial charge in [0.1, 0.15) is 30.1 Å². The van der Waals surface area contributed by atoms with Gasteiger partial charge in [0.05, 0.1) is 47.8 Å². The summed E-state index contributed by atoms with van der Waals surface area (Å²) in [7, 11) is -2.27. The molecule has 55 heavy (non-hydrogen) atoms. The molecule has 7 rings (SSSR count). The van der Waals surface area contributed by atoms with Crippen molar-refractivity contribution in [3.05, 3.63) is 47.5 Å². The Morgan fingerprint density at radius 3 is 1.45 bits per heavy atom. The number of aromatic nitrogens is 4. The second kappa shape index (κ2) is 18.3. The van der Waals surface area contributed by atoms with E-state index in [1.807, 2.05) is 22.7 Å². The van der Waals surface area contributed by atoms with Gasteiger partial charge < -0.3 is 10.2 Å². The number of rotatable bonds is 16. The summed E-state index contributed by atoms with van der Waals surface area (Å²) in [4.78, 5) is 5.47. The third-order valence-corrected chi connectivity index (χ3v) is 20.7. The summed E-state index contributed by atoms with van der Waals surface area (Å²) < 4.78 is 19.1. The fourth-order valence-corrected chi connectivity index (χ4v) is 20.0. The van der Waals surface area contributed by atoms with Gasteiger partial charge in [0.25, 0.3) is 0 Å². The van der Waals surface area contributed by atoms with Crippen LogP contribution in [0.3, 0.4) is 0 Å². The summed E-state index contributed by atoms with van der Waals surface area (Å²) in [6.45, 7) is 9.59. The summed E-state index contributed by atoms with van der Waals surface area (Å²) in [6, 6.07) is 16.3. The van der Waals surface area contributed by atoms with Gasteiger partial charge in [0.2, 0.25) is 0 Å². The standard InChI is InChI=1S/C44H50N4O2S4Si/c1-5-9-15-29(7-3)27-55(28-30(8-4)16-10-6-2)37-25-35(33-21-19-31(17-11-13-23-49)39-41(33)47-53-45-39)51-43(37)44-38(55)26-36(52-44)34-22-20-32(18-12-14-24-50)40-42(34)48-54-46-40/h19-22,25-26,29-30,49-50H,5-10,13-16,23-24,27-28H2,1-4H3. The van der Waals surface area contributed by atoms with Crippen LogP contribution in [-0.4, -0.2) is 49.0 Å². The molecule has 2 N–H and O–H groups in total. The molecular formula is C44H50N4O2S4Si. The minimum absolute atomic E-state index is 0.0496. The number of nitrogens with zero attached hydrogens (tertiary/aromatic N) is 4. The molecule has 6 nitrogen and oxygen atoms in total. The Morgan fingerprint density at radius 1 is 0.618 bits per heavy atom. The van der Waals surface area contributed by atoms with E-state index >= 15 is 0 Å². The SMILES string of the molecule is CCCCC(CC)C[Si]1(CC(CC)CCCC)c2cc(-c3ccc(C#CCCO)c4nsnc34)sc2-c2sc(-c3ccc(C#CCCO)c4nsnc34)cc21. The highest BCUT2D eigenvalue weighted by atomic mass is 32.1. The maximum Gasteiger partial charge on any atom is 0.122 e. The Morgan fingerprint density at radius 2 is 1.05 bits per heavy atom. The minimum atomic E-state index is -2.27. The Labute approximate surface area is 343 Å². The molecule has 1 aliphatic rings. The number of benzene rings is 2. The molecule has 11 heteroatoms. The molecule has 6 aromatic rings. The van der Waals surface area contributed by atoms with Crippen LogP contribution in [0.15, 0.2) is 36.4 Å². The Bertz CT molecular complexity index is 2220. The van der Waals surface area contributed by atoms with E-state index in [-0.39, 0.29) is 13.2 Å². The van der Waals surface area contributed by atoms with E-state index in [1.165, 1.54) is 106 Å². The van der Waals surface area contributed by atoms with Crippen molar-refractivity contribution in [2.24, 2.45) is 11.8 Å². The Hall–Kier alpha value is -3.26. The first-order valence-corrected chi connectivity index (χ1v) is 25.5. The van der Waals surface area contributed by atoms with Crippen molar-refractivity contribution in [3.8, 4) is 54.3 Å². The molecule has 0 bridgehead atoms. The van der Waals surface area contributed by atoms with Crippen LogP contribution in [0.5, 0.6) is 0 Å². The number of aliphatic hydroxyl groups excluding tert-OH is 2. The van der Waals surface area contributed by atoms with Crippen molar-refractivity contribution in [2.45, 2.75) is 104 Å². The van der Waals surface area contributed by atoms with Gasteiger partial charge in [-0.15, -0.1) is 22.7 Å². The van der Waals surface area contributed by atoms with E-state index in [0.29, 0.717) is 24.7 Å². The minimum Gasteiger partial charge on any atom is -0.395 e. The largest absolute Gasteiger partial charge is 0.395 e. The predicted molar refractivity (Wildman–Crippen MR) is 239 cm³/mol. The van der Waals surface area contributed by atoms with Crippen molar-refractivity contribution in [1.82, 2.24) is 17.5 Å². The van der Waals surface area contributed by atoms with E-state index in [2.05, 4.69) is 87.8 Å². The van der Waals surface area contributed by atoms with Gasteiger partial charge in [-0.3, -0.25) is 0 Å². The van der Waals surface area contributed by atoms with Crippen molar-refractivity contribution >= 4 is 86.6 Å². The lowest BCUT2D eigenvalue weighted by Crippen LogP contribution is -2.56. The van der Waals surface area contributed by atoms with E-state index in [9.17, 15) is 10.2 Å². The van der Waals surface area contributed by atoms with Gasteiger partial charge in [0.15, 0.2) is 0 Å². The number of hydrogen-bond acceptors (Lipinski definition) is 10. The number of unbranched alkanes of at least 4 members (excludes halogenated alkanes) is 2. The average Bonchev–Trinajstić information content (AvgIpc) is 4.05. The summed E-state index contributed by atoms with van der Waals surface area (Å²) in [6.07, 6.45) is 10.9. The first-order valence-electron chi connectivity index (χ1n) is 20.0. The summed E-state index contributed by atoms with van der Waals surface area (Å²) >= 11 is 6.39. The van der Waals surface area contributed by atoms with E-state index in [4.69, 9.17) is 17.5 Å². The summed E-state index contributed by atoms with van der Waals surface area (Å²) in [5.41, 5.74) is 7.57. The normalized spacial score (nSPS) is 14.0. The maximum absolute atomic E-state index is 9.32. The van der Waals surface area contributed by atoms with Crippen LogP contribution in [0.1, 0.15) is 103 Å². The zero-order valence-electron chi connectivity index (χ0n) is 32.3. The van der Waals surface area contributed by atoms with Crippen molar-refractivity contribution in [2.75, 3.05) is 13.2 Å². The van der Waals surface area contributed by atoms with Crippen LogP contribution in [0.4, 0.5) is 0 Å². The molecule has 0 fully saturated rings. The molecule has 0 aliphatic carbocycles. The molecular weight excluding hydrogens is 773 g/mol. The van der Waals surface area contributed by atoms with Gasteiger partial charge in [-0.05, 0) is 70.7 Å². The van der Waals surface area contributed by atoms with Gasteiger partial charge in [0, 0.05) is 43.5 Å². The molecule has 1 aliphatic heterocycles. The molecule has 286 valence electrons. The van der Waals surface area contributed by atoms with E-state index in [1.54, 1.807) is 10.4 Å². The number of fused-ring (bicyclic) bond motifs is 5. The lowest BCUT2D eigenvalue weighted by atomic mass is 10.0. The fourth-order valence-electron chi connectivity index (χ4n) is 8.40. The van der Waals surface area contributed by atoms with Crippen LogP contribution in [0.2, 0.25) is 12.1 Å². The lowest BCUT2D eigenvalue weighted by Gasteiger charge is -2.35. The molecule has 4 aromatic heterocycles. The van der Waals surface area contributed by atoms with Crippen molar-refractivity contribution in [3.63, 3.8) is 0 Å². The number of thiophene rings is 2. The van der Waals surface area contributed by atoms with Crippen LogP contribution in [-0.2, 0) is 0 Å². The third-order valence-electron chi connectivity index (χ3n) is 11.3. The highest BCUT2D eigenvalue weighted by molar-refractivity contribution is 7.31. The molecule has 2 aromatic carbocycles. The predicted octanol–water partition coefficient (Wildman–Crippen LogP) is 10.6. The van der Waals surface area contributed by atoms with E-state index < -0.39 is 8.07 Å². The van der Waals surface area contributed by atoms with Crippen molar-refractivity contribution < 1.29 is 10.2 Å². The molecule has 0 amide bonds. The third kappa shape index (κ3) is 8.00. The molecule has 0 saturated carbocycles. The lowest BCUT2D eigenvalue weighted by molar-refractivity contribution is 0.304. The van der Waals surface area contributed by atoms with Gasteiger partial charge in [-0.2, -0.15) is 17.5 Å². The first kappa shape index (κ1) is 40.0. The monoisotopic (exact) mass is 822 g/mol. The molecule has 2 unspecified atom stereocenters. The second-order valence-corrected chi connectivity index (χ2v) is 22.0. The maximum atomic E-state index is 9.32. The van der Waals surface area contributed by atoms with Crippen LogP contribution < -0.4 is 10.4 Å². The zero-order chi connectivity index (χ0) is 38.4. The van der Waals surface area contributed by atoms with Gasteiger partial charge >= 0.3 is 0 Å². The first-order chi connectivity index (χ1) is 27.0. The summed E-state index contributed by atoms with van der Waals surface area (Å²) in [5.74, 6) is 14.0. The quantitative estimate of drug-likeness (QED) is 0.0746. The van der Waals surface area contributed by atoms with Gasteiger partial charge in [-0.25, -0.2) is 0 Å². The van der Waals surface area contributed by atoms with Crippen LogP contribution >= 0.6 is 46.1 Å². The average molecular weight is 823 g/mol. The zero-order valence-corrected chi connectivity index (χ0v) is 36.6. The second-order valence-electron chi connectivity index (χ2n) is 14.8. The highest BCUT2D eigenvalue weighted by Crippen LogP contribution is 2.50. The topological polar surface area (TPSA) is 92.0 Å². The smallest absolute Gasteiger partial charge is 0.122 e. The van der Waals surface area contributed by atoms with Crippen LogP contribution in [0.25, 0.3) is 52.7 Å². The number of aliphatic hydroxyl groups is 2. The van der Waals surface area contributed by atoms with E-state index in [0.717, 1.165) is 44.3 Å². The Kier molecular flexibility index (Phi) is 13.3. The summed E-state index contributed by atoms with van der Waals surface area (Å²) in [5, 5.41) is 21.9. The molecule has 0 radical (unpaired) electrons. The molecule has 0 spiro atoms. The molecule has 2 atom stereocenters. The highest BCUT2D eigenvalue weighted by Gasteiger charge is 2.50. The fraction of sp³-hybridized carbons (Fsp3) is 0.455. The van der Waals surface area contributed by atoms with Crippen molar-refractivity contribution in [1.29, 1.82) is 0 Å². The number of hydrogen-bond donors (Lipinski definition) is 2. The van der Waals surface area contributed by atoms with Gasteiger partial charge in [-0.1, -0.05) is 103 Å². The molecule has 0 saturated heterocycles. The molecule has 5 heterocycles. The Balaban J connectivity index is 1.42.